The molecule has 4 rings (SSSR count). The molecule has 0 aliphatic rings. The van der Waals surface area contributed by atoms with Gasteiger partial charge in [-0.05, 0) is 50.1 Å². The Kier molecular flexibility index (Phi) is 8.34. The van der Waals surface area contributed by atoms with Crippen molar-refractivity contribution in [3.63, 3.8) is 0 Å². The summed E-state index contributed by atoms with van der Waals surface area (Å²) in [7, 11) is 1.53. The van der Waals surface area contributed by atoms with Gasteiger partial charge in [0.05, 0.1) is 22.9 Å². The second kappa shape index (κ2) is 11.8. The van der Waals surface area contributed by atoms with Crippen molar-refractivity contribution in [2.24, 2.45) is 5.16 Å². The molecule has 7 heteroatoms. The van der Waals surface area contributed by atoms with E-state index in [-0.39, 0.29) is 11.0 Å². The van der Waals surface area contributed by atoms with Gasteiger partial charge in [0, 0.05) is 17.7 Å². The number of hydrogen-bond donors (Lipinski definition) is 0. The van der Waals surface area contributed by atoms with Crippen molar-refractivity contribution in [1.29, 1.82) is 0 Å². The standard InChI is InChI=1S/C28H30N2O4S/c1-4-33-20(2)18-21-10-13-24(14-11-21)34-17-16-30-25-15-12-23(19-26(25)35-28(30)31)27(29-32-3)22-8-6-5-7-9-22/h5-15,19-20H,4,16-18H2,1-3H3. The predicted octanol–water partition coefficient (Wildman–Crippen LogP) is 5.51. The largest absolute Gasteiger partial charge is 0.492 e. The highest BCUT2D eigenvalue weighted by molar-refractivity contribution is 7.16. The van der Waals surface area contributed by atoms with Crippen molar-refractivity contribution in [1.82, 2.24) is 4.57 Å². The first-order valence-corrected chi connectivity index (χ1v) is 12.5. The molecule has 0 bridgehead atoms. The molecular formula is C28H30N2O4S. The fraction of sp³-hybridized carbons (Fsp3) is 0.286. The molecule has 1 heterocycles. The van der Waals surface area contributed by atoms with Crippen LogP contribution in [0.1, 0.15) is 30.5 Å². The quantitative estimate of drug-likeness (QED) is 0.206. The summed E-state index contributed by atoms with van der Waals surface area (Å²) in [5, 5.41) is 4.22. The van der Waals surface area contributed by atoms with Crippen molar-refractivity contribution in [3.8, 4) is 5.75 Å². The Labute approximate surface area is 209 Å². The van der Waals surface area contributed by atoms with Gasteiger partial charge in [-0.25, -0.2) is 0 Å². The zero-order chi connectivity index (χ0) is 24.6. The third-order valence-electron chi connectivity index (χ3n) is 5.65. The molecule has 1 aromatic heterocycles. The van der Waals surface area contributed by atoms with E-state index in [1.54, 1.807) is 4.57 Å². The van der Waals surface area contributed by atoms with E-state index in [2.05, 4.69) is 24.2 Å². The molecule has 1 atom stereocenters. The van der Waals surface area contributed by atoms with Crippen molar-refractivity contribution >= 4 is 27.3 Å². The lowest BCUT2D eigenvalue weighted by Gasteiger charge is -2.12. The van der Waals surface area contributed by atoms with Crippen molar-refractivity contribution in [2.75, 3.05) is 20.3 Å². The molecule has 1 unspecified atom stereocenters. The summed E-state index contributed by atoms with van der Waals surface area (Å²) in [6.07, 6.45) is 1.06. The molecule has 0 spiro atoms. The first-order chi connectivity index (χ1) is 17.1. The minimum atomic E-state index is -0.00838. The van der Waals surface area contributed by atoms with Gasteiger partial charge in [-0.15, -0.1) is 0 Å². The number of oxime groups is 1. The maximum Gasteiger partial charge on any atom is 0.308 e. The number of nitrogens with zero attached hydrogens (tertiary/aromatic N) is 2. The molecule has 3 aromatic carbocycles. The molecule has 35 heavy (non-hydrogen) atoms. The van der Waals surface area contributed by atoms with Crippen LogP contribution in [0.15, 0.2) is 82.7 Å². The lowest BCUT2D eigenvalue weighted by molar-refractivity contribution is 0.0768. The Balaban J connectivity index is 1.45. The van der Waals surface area contributed by atoms with Crippen LogP contribution in [-0.2, 0) is 22.5 Å². The van der Waals surface area contributed by atoms with Crippen LogP contribution < -0.4 is 9.61 Å². The first-order valence-electron chi connectivity index (χ1n) is 11.7. The Hall–Kier alpha value is -3.42. The maximum absolute atomic E-state index is 12.7. The van der Waals surface area contributed by atoms with E-state index >= 15 is 0 Å². The topological polar surface area (TPSA) is 62.0 Å². The first kappa shape index (κ1) is 24.7. The van der Waals surface area contributed by atoms with E-state index in [0.717, 1.165) is 45.8 Å². The summed E-state index contributed by atoms with van der Waals surface area (Å²) in [4.78, 5) is 17.8. The van der Waals surface area contributed by atoms with Crippen LogP contribution in [0.25, 0.3) is 10.2 Å². The smallest absolute Gasteiger partial charge is 0.308 e. The zero-order valence-electron chi connectivity index (χ0n) is 20.3. The van der Waals surface area contributed by atoms with Crippen LogP contribution >= 0.6 is 11.3 Å². The van der Waals surface area contributed by atoms with E-state index in [9.17, 15) is 4.79 Å². The third kappa shape index (κ3) is 6.18. The molecule has 0 aliphatic heterocycles. The number of ether oxygens (including phenoxy) is 2. The summed E-state index contributed by atoms with van der Waals surface area (Å²) in [6.45, 7) is 5.68. The molecule has 182 valence electrons. The second-order valence-electron chi connectivity index (χ2n) is 8.15. The number of hydrogen-bond acceptors (Lipinski definition) is 6. The fourth-order valence-corrected chi connectivity index (χ4v) is 4.99. The lowest BCUT2D eigenvalue weighted by atomic mass is 10.0. The van der Waals surface area contributed by atoms with Gasteiger partial charge in [-0.3, -0.25) is 9.36 Å². The van der Waals surface area contributed by atoms with Crippen LogP contribution in [0.3, 0.4) is 0 Å². The molecule has 4 aromatic rings. The highest BCUT2D eigenvalue weighted by Crippen LogP contribution is 2.22. The molecule has 0 fully saturated rings. The van der Waals surface area contributed by atoms with Gasteiger partial charge in [0.2, 0.25) is 0 Å². The molecular weight excluding hydrogens is 460 g/mol. The Morgan fingerprint density at radius 2 is 1.80 bits per heavy atom. The van der Waals surface area contributed by atoms with Crippen molar-refractivity contribution < 1.29 is 14.3 Å². The molecule has 0 saturated carbocycles. The number of fused-ring (bicyclic) bond motifs is 1. The van der Waals surface area contributed by atoms with E-state index in [1.807, 2.05) is 67.6 Å². The van der Waals surface area contributed by atoms with Crippen LogP contribution in [0.4, 0.5) is 0 Å². The van der Waals surface area contributed by atoms with Crippen molar-refractivity contribution in [2.45, 2.75) is 32.9 Å². The van der Waals surface area contributed by atoms with Crippen LogP contribution in [0.2, 0.25) is 0 Å². The average Bonchev–Trinajstić information content (AvgIpc) is 3.18. The Morgan fingerprint density at radius 3 is 2.51 bits per heavy atom. The van der Waals surface area contributed by atoms with E-state index in [1.165, 1.54) is 24.0 Å². The highest BCUT2D eigenvalue weighted by atomic mass is 32.1. The summed E-state index contributed by atoms with van der Waals surface area (Å²) < 4.78 is 14.2. The number of rotatable bonds is 11. The van der Waals surface area contributed by atoms with Gasteiger partial charge < -0.3 is 14.3 Å². The molecule has 6 nitrogen and oxygen atoms in total. The van der Waals surface area contributed by atoms with E-state index in [0.29, 0.717) is 13.2 Å². The lowest BCUT2D eigenvalue weighted by Crippen LogP contribution is -2.17. The van der Waals surface area contributed by atoms with Crippen LogP contribution in [-0.4, -0.2) is 36.7 Å². The SMILES string of the molecule is CCOC(C)Cc1ccc(OCCn2c(=O)sc3cc(C(=NOC)c4ccccc4)ccc32)cc1. The molecule has 0 saturated heterocycles. The van der Waals surface area contributed by atoms with Gasteiger partial charge in [-0.2, -0.15) is 0 Å². The number of aromatic nitrogens is 1. The van der Waals surface area contributed by atoms with Crippen molar-refractivity contribution in [3.05, 3.63) is 99.2 Å². The zero-order valence-corrected chi connectivity index (χ0v) is 21.1. The van der Waals surface area contributed by atoms with Gasteiger partial charge in [0.1, 0.15) is 25.2 Å². The summed E-state index contributed by atoms with van der Waals surface area (Å²) >= 11 is 1.23. The molecule has 0 radical (unpaired) electrons. The van der Waals surface area contributed by atoms with Gasteiger partial charge in [-0.1, -0.05) is 65.0 Å². The number of benzene rings is 3. The molecule has 0 amide bonds. The van der Waals surface area contributed by atoms with Gasteiger partial charge in [0.15, 0.2) is 0 Å². The minimum absolute atomic E-state index is 0.00838. The third-order valence-corrected chi connectivity index (χ3v) is 6.59. The fourth-order valence-electron chi connectivity index (χ4n) is 4.04. The van der Waals surface area contributed by atoms with Crippen LogP contribution in [0.5, 0.6) is 5.75 Å². The summed E-state index contributed by atoms with van der Waals surface area (Å²) in [6, 6.07) is 23.8. The van der Waals surface area contributed by atoms with Crippen LogP contribution in [0, 0.1) is 0 Å². The van der Waals surface area contributed by atoms with E-state index < -0.39 is 0 Å². The molecule has 0 aliphatic carbocycles. The normalized spacial score (nSPS) is 12.6. The summed E-state index contributed by atoms with van der Waals surface area (Å²) in [5.74, 6) is 0.788. The average molecular weight is 491 g/mol. The maximum atomic E-state index is 12.7. The predicted molar refractivity (Wildman–Crippen MR) is 142 cm³/mol. The van der Waals surface area contributed by atoms with E-state index in [4.69, 9.17) is 14.3 Å². The highest BCUT2D eigenvalue weighted by Gasteiger charge is 2.13. The summed E-state index contributed by atoms with van der Waals surface area (Å²) in [5.41, 5.74) is 4.67. The Morgan fingerprint density at radius 1 is 1.03 bits per heavy atom. The monoisotopic (exact) mass is 490 g/mol. The Bertz CT molecular complexity index is 1330. The number of thiazole rings is 1. The van der Waals surface area contributed by atoms with Gasteiger partial charge in [0.25, 0.3) is 0 Å². The molecule has 0 N–H and O–H groups in total. The second-order valence-corrected chi connectivity index (χ2v) is 9.15. The van der Waals surface area contributed by atoms with Gasteiger partial charge >= 0.3 is 4.87 Å². The minimum Gasteiger partial charge on any atom is -0.492 e.